The predicted octanol–water partition coefficient (Wildman–Crippen LogP) is 1.84. The van der Waals surface area contributed by atoms with Crippen LogP contribution in [0.4, 0.5) is 5.69 Å². The van der Waals surface area contributed by atoms with Crippen LogP contribution >= 0.6 is 11.8 Å². The molecule has 34 heavy (non-hydrogen) atoms. The molecule has 1 atom stereocenters. The van der Waals surface area contributed by atoms with Gasteiger partial charge in [-0.3, -0.25) is 34.2 Å². The van der Waals surface area contributed by atoms with Crippen molar-refractivity contribution in [3.63, 3.8) is 0 Å². The Hall–Kier alpha value is -3.86. The van der Waals surface area contributed by atoms with Crippen molar-refractivity contribution in [2.24, 2.45) is 0 Å². The maximum Gasteiger partial charge on any atom is 0.262 e. The Kier molecular flexibility index (Phi) is 6.55. The summed E-state index contributed by atoms with van der Waals surface area (Å²) in [6, 6.07) is 8.69. The van der Waals surface area contributed by atoms with Crippen LogP contribution in [0.2, 0.25) is 0 Å². The molecule has 0 saturated carbocycles. The fraction of sp³-hybridized carbons (Fsp3) is 0.261. The molecular formula is C23H21N3O7S. The van der Waals surface area contributed by atoms with Crippen molar-refractivity contribution >= 4 is 47.0 Å². The number of piperidine rings is 1. The Morgan fingerprint density at radius 1 is 1.06 bits per heavy atom. The molecule has 2 aromatic carbocycles. The third kappa shape index (κ3) is 4.46. The summed E-state index contributed by atoms with van der Waals surface area (Å²) >= 11 is 1.19. The second-order valence-electron chi connectivity index (χ2n) is 7.56. The highest BCUT2D eigenvalue weighted by Crippen LogP contribution is 2.32. The largest absolute Gasteiger partial charge is 0.497 e. The summed E-state index contributed by atoms with van der Waals surface area (Å²) in [4.78, 5) is 63.3. The van der Waals surface area contributed by atoms with Crippen LogP contribution in [0.3, 0.4) is 0 Å². The molecule has 0 aromatic heterocycles. The van der Waals surface area contributed by atoms with E-state index in [2.05, 4.69) is 10.6 Å². The van der Waals surface area contributed by atoms with Crippen LogP contribution in [0.1, 0.15) is 33.6 Å². The van der Waals surface area contributed by atoms with Gasteiger partial charge in [0.1, 0.15) is 17.5 Å². The molecule has 4 rings (SSSR count). The topological polar surface area (TPSA) is 131 Å². The number of carbonyl (C=O) groups is 5. The van der Waals surface area contributed by atoms with Crippen molar-refractivity contribution in [3.05, 3.63) is 47.5 Å². The van der Waals surface area contributed by atoms with Crippen LogP contribution in [0.25, 0.3) is 0 Å². The van der Waals surface area contributed by atoms with Crippen molar-refractivity contribution in [1.29, 1.82) is 0 Å². The van der Waals surface area contributed by atoms with Crippen LogP contribution in [-0.2, 0) is 14.4 Å². The SMILES string of the molecule is COc1ccc(OC)c(NC(=O)CSc2ccc3c(c2)C(=O)N(C2CCC(=O)NC2=O)C3=O)c1. The third-order valence-corrected chi connectivity index (χ3v) is 6.46. The van der Waals surface area contributed by atoms with Crippen molar-refractivity contribution in [3.8, 4) is 11.5 Å². The normalized spacial score (nSPS) is 17.4. The summed E-state index contributed by atoms with van der Waals surface area (Å²) in [5.74, 6) is -1.48. The van der Waals surface area contributed by atoms with E-state index < -0.39 is 29.7 Å². The first-order valence-electron chi connectivity index (χ1n) is 10.3. The number of nitrogens with zero attached hydrogens (tertiary/aromatic N) is 1. The molecule has 0 bridgehead atoms. The number of benzene rings is 2. The van der Waals surface area contributed by atoms with Gasteiger partial charge in [0.25, 0.3) is 11.8 Å². The zero-order valence-corrected chi connectivity index (χ0v) is 19.2. The Morgan fingerprint density at radius 3 is 2.53 bits per heavy atom. The monoisotopic (exact) mass is 483 g/mol. The van der Waals surface area contributed by atoms with Gasteiger partial charge in [0.05, 0.1) is 36.8 Å². The van der Waals surface area contributed by atoms with E-state index in [0.29, 0.717) is 22.1 Å². The average Bonchev–Trinajstić information content (AvgIpc) is 3.07. The molecule has 0 radical (unpaired) electrons. The van der Waals surface area contributed by atoms with Crippen LogP contribution in [0.15, 0.2) is 41.3 Å². The molecule has 2 heterocycles. The molecule has 11 heteroatoms. The van der Waals surface area contributed by atoms with Crippen molar-refractivity contribution in [1.82, 2.24) is 10.2 Å². The Labute approximate surface area is 199 Å². The molecule has 0 spiro atoms. The first-order valence-corrected chi connectivity index (χ1v) is 11.3. The van der Waals surface area contributed by atoms with Gasteiger partial charge in [0.2, 0.25) is 17.7 Å². The van der Waals surface area contributed by atoms with Gasteiger partial charge in [-0.1, -0.05) is 0 Å². The van der Waals surface area contributed by atoms with Gasteiger partial charge in [0, 0.05) is 17.4 Å². The molecule has 176 valence electrons. The fourth-order valence-corrected chi connectivity index (χ4v) is 4.52. The molecule has 10 nitrogen and oxygen atoms in total. The molecule has 2 aliphatic rings. The second-order valence-corrected chi connectivity index (χ2v) is 8.61. The van der Waals surface area contributed by atoms with Crippen molar-refractivity contribution < 1.29 is 33.4 Å². The van der Waals surface area contributed by atoms with Gasteiger partial charge in [0.15, 0.2) is 0 Å². The van der Waals surface area contributed by atoms with E-state index in [-0.39, 0.29) is 35.6 Å². The maximum atomic E-state index is 12.9. The van der Waals surface area contributed by atoms with Gasteiger partial charge in [-0.2, -0.15) is 0 Å². The smallest absolute Gasteiger partial charge is 0.262 e. The molecule has 1 fully saturated rings. The molecule has 2 aliphatic heterocycles. The number of thioether (sulfide) groups is 1. The van der Waals surface area contributed by atoms with E-state index in [1.165, 1.54) is 38.1 Å². The molecule has 1 unspecified atom stereocenters. The van der Waals surface area contributed by atoms with E-state index in [9.17, 15) is 24.0 Å². The zero-order chi connectivity index (χ0) is 24.4. The van der Waals surface area contributed by atoms with Crippen LogP contribution < -0.4 is 20.1 Å². The van der Waals surface area contributed by atoms with E-state index in [4.69, 9.17) is 9.47 Å². The molecule has 2 aromatic rings. The van der Waals surface area contributed by atoms with Crippen molar-refractivity contribution in [2.75, 3.05) is 25.3 Å². The lowest BCUT2D eigenvalue weighted by Gasteiger charge is -2.27. The summed E-state index contributed by atoms with van der Waals surface area (Å²) in [6.07, 6.45) is 0.143. The van der Waals surface area contributed by atoms with Crippen molar-refractivity contribution in [2.45, 2.75) is 23.8 Å². The number of fused-ring (bicyclic) bond motifs is 1. The first kappa shape index (κ1) is 23.3. The first-order chi connectivity index (χ1) is 16.3. The third-order valence-electron chi connectivity index (χ3n) is 5.46. The highest BCUT2D eigenvalue weighted by atomic mass is 32.2. The highest BCUT2D eigenvalue weighted by molar-refractivity contribution is 8.00. The molecular weight excluding hydrogens is 462 g/mol. The lowest BCUT2D eigenvalue weighted by Crippen LogP contribution is -2.54. The van der Waals surface area contributed by atoms with Crippen LogP contribution in [0, 0.1) is 0 Å². The van der Waals surface area contributed by atoms with Gasteiger partial charge in [-0.05, 0) is 36.8 Å². The quantitative estimate of drug-likeness (QED) is 0.451. The number of anilines is 1. The number of nitrogens with one attached hydrogen (secondary N) is 2. The zero-order valence-electron chi connectivity index (χ0n) is 18.4. The van der Waals surface area contributed by atoms with E-state index in [1.807, 2.05) is 0 Å². The number of rotatable bonds is 7. The minimum atomic E-state index is -1.02. The molecule has 1 saturated heterocycles. The maximum absolute atomic E-state index is 12.9. The average molecular weight is 484 g/mol. The van der Waals surface area contributed by atoms with Crippen LogP contribution in [-0.4, -0.2) is 60.5 Å². The summed E-state index contributed by atoms with van der Waals surface area (Å²) in [6.45, 7) is 0. The number of hydrogen-bond acceptors (Lipinski definition) is 8. The standard InChI is InChI=1S/C23H21N3O7S/c1-32-12-3-7-18(33-2)16(9-12)24-20(28)11-34-13-4-5-14-15(10-13)23(31)26(22(14)30)17-6-8-19(27)25-21(17)29/h3-5,7,9-10,17H,6,8,11H2,1-2H3,(H,24,28)(H,25,27,29). The molecule has 5 amide bonds. The number of hydrogen-bond donors (Lipinski definition) is 2. The van der Waals surface area contributed by atoms with Gasteiger partial charge in [-0.15, -0.1) is 11.8 Å². The van der Waals surface area contributed by atoms with E-state index in [0.717, 1.165) is 4.90 Å². The number of methoxy groups -OCH3 is 2. The molecule has 0 aliphatic carbocycles. The summed E-state index contributed by atoms with van der Waals surface area (Å²) < 4.78 is 10.4. The summed E-state index contributed by atoms with van der Waals surface area (Å²) in [5, 5.41) is 4.93. The lowest BCUT2D eigenvalue weighted by molar-refractivity contribution is -0.136. The summed E-state index contributed by atoms with van der Waals surface area (Å²) in [5.41, 5.74) is 0.807. The second kappa shape index (κ2) is 9.56. The number of carbonyl (C=O) groups excluding carboxylic acids is 5. The van der Waals surface area contributed by atoms with Crippen LogP contribution in [0.5, 0.6) is 11.5 Å². The number of ether oxygens (including phenoxy) is 2. The Morgan fingerprint density at radius 2 is 1.82 bits per heavy atom. The Bertz CT molecular complexity index is 1210. The van der Waals surface area contributed by atoms with Gasteiger partial charge in [-0.25, -0.2) is 0 Å². The fourth-order valence-electron chi connectivity index (χ4n) is 3.79. The number of imide groups is 2. The minimum absolute atomic E-state index is 0.0398. The van der Waals surface area contributed by atoms with E-state index >= 15 is 0 Å². The minimum Gasteiger partial charge on any atom is -0.497 e. The van der Waals surface area contributed by atoms with Gasteiger partial charge < -0.3 is 14.8 Å². The number of amides is 5. The Balaban J connectivity index is 1.44. The predicted molar refractivity (Wildman–Crippen MR) is 122 cm³/mol. The van der Waals surface area contributed by atoms with E-state index in [1.54, 1.807) is 24.3 Å². The lowest BCUT2D eigenvalue weighted by atomic mass is 10.0. The highest BCUT2D eigenvalue weighted by Gasteiger charge is 2.44. The molecule has 2 N–H and O–H groups in total. The van der Waals surface area contributed by atoms with Gasteiger partial charge >= 0.3 is 0 Å². The summed E-state index contributed by atoms with van der Waals surface area (Å²) in [7, 11) is 3.01.